The summed E-state index contributed by atoms with van der Waals surface area (Å²) in [6, 6.07) is 14.2. The zero-order valence-corrected chi connectivity index (χ0v) is 11.1. The van der Waals surface area contributed by atoms with E-state index in [0.29, 0.717) is 17.8 Å². The molecule has 2 rings (SSSR count). The molecule has 0 spiro atoms. The first-order valence-electron chi connectivity index (χ1n) is 5.64. The number of carbonyl (C=O) groups excluding carboxylic acids is 1. The highest BCUT2D eigenvalue weighted by molar-refractivity contribution is 7.92. The van der Waals surface area contributed by atoms with Crippen molar-refractivity contribution in [1.82, 2.24) is 0 Å². The molecule has 0 heterocycles. The van der Waals surface area contributed by atoms with Gasteiger partial charge in [-0.25, -0.2) is 8.42 Å². The summed E-state index contributed by atoms with van der Waals surface area (Å²) >= 11 is 0. The SMILES string of the molecule is O=CN=Nc1ccc(NS(=O)(=O)c2ccccc2)cc1. The van der Waals surface area contributed by atoms with E-state index in [9.17, 15) is 13.2 Å². The summed E-state index contributed by atoms with van der Waals surface area (Å²) in [6.45, 7) is 0. The number of nitrogens with zero attached hydrogens (tertiary/aromatic N) is 2. The highest BCUT2D eigenvalue weighted by Crippen LogP contribution is 2.19. The molecule has 0 fully saturated rings. The second kappa shape index (κ2) is 6.07. The molecule has 0 saturated carbocycles. The Kier molecular flexibility index (Phi) is 4.21. The van der Waals surface area contributed by atoms with Crippen LogP contribution in [-0.2, 0) is 14.8 Å². The highest BCUT2D eigenvalue weighted by atomic mass is 32.2. The van der Waals surface area contributed by atoms with Gasteiger partial charge in [0.25, 0.3) is 16.4 Å². The molecule has 0 atom stereocenters. The predicted molar refractivity (Wildman–Crippen MR) is 74.3 cm³/mol. The quantitative estimate of drug-likeness (QED) is 0.678. The number of nitrogens with one attached hydrogen (secondary N) is 1. The molecule has 1 N–H and O–H groups in total. The fourth-order valence-corrected chi connectivity index (χ4v) is 2.58. The molecule has 0 aliphatic rings. The number of anilines is 1. The minimum atomic E-state index is -3.60. The Morgan fingerprint density at radius 2 is 1.60 bits per heavy atom. The molecule has 0 saturated heterocycles. The fraction of sp³-hybridized carbons (Fsp3) is 0. The summed E-state index contributed by atoms with van der Waals surface area (Å²) in [5, 5.41) is 6.80. The van der Waals surface area contributed by atoms with Crippen LogP contribution in [0.15, 0.2) is 69.7 Å². The third-order valence-electron chi connectivity index (χ3n) is 2.39. The molecule has 0 unspecified atom stereocenters. The Morgan fingerprint density at radius 3 is 2.20 bits per heavy atom. The molecule has 102 valence electrons. The maximum atomic E-state index is 12.1. The van der Waals surface area contributed by atoms with E-state index in [1.165, 1.54) is 12.1 Å². The predicted octanol–water partition coefficient (Wildman–Crippen LogP) is 2.73. The first kappa shape index (κ1) is 13.9. The molecule has 2 aromatic carbocycles. The Morgan fingerprint density at radius 1 is 0.950 bits per heavy atom. The molecule has 2 aromatic rings. The van der Waals surface area contributed by atoms with Gasteiger partial charge in [-0.05, 0) is 36.4 Å². The van der Waals surface area contributed by atoms with Crippen molar-refractivity contribution in [2.75, 3.05) is 4.72 Å². The Balaban J connectivity index is 2.18. The molecular weight excluding hydrogens is 278 g/mol. The number of sulfonamides is 1. The van der Waals surface area contributed by atoms with E-state index in [4.69, 9.17) is 0 Å². The minimum Gasteiger partial charge on any atom is -0.280 e. The van der Waals surface area contributed by atoms with Crippen LogP contribution in [0.2, 0.25) is 0 Å². The summed E-state index contributed by atoms with van der Waals surface area (Å²) in [5.41, 5.74) is 0.860. The summed E-state index contributed by atoms with van der Waals surface area (Å²) in [4.78, 5) is 10.2. The molecule has 6 nitrogen and oxygen atoms in total. The van der Waals surface area contributed by atoms with Gasteiger partial charge in [0, 0.05) is 5.69 Å². The van der Waals surface area contributed by atoms with E-state index in [0.717, 1.165) is 0 Å². The topological polar surface area (TPSA) is 88.0 Å². The van der Waals surface area contributed by atoms with Crippen LogP contribution in [0.4, 0.5) is 11.4 Å². The Bertz CT molecular complexity index is 710. The van der Waals surface area contributed by atoms with Crippen molar-refractivity contribution in [1.29, 1.82) is 0 Å². The monoisotopic (exact) mass is 289 g/mol. The Hall–Kier alpha value is -2.54. The zero-order chi connectivity index (χ0) is 14.4. The van der Waals surface area contributed by atoms with Crippen molar-refractivity contribution in [2.45, 2.75) is 4.90 Å². The van der Waals surface area contributed by atoms with E-state index in [-0.39, 0.29) is 4.90 Å². The summed E-state index contributed by atoms with van der Waals surface area (Å²) in [7, 11) is -3.60. The lowest BCUT2D eigenvalue weighted by atomic mass is 10.3. The Labute approximate surface area is 116 Å². The first-order valence-corrected chi connectivity index (χ1v) is 7.12. The minimum absolute atomic E-state index is 0.185. The van der Waals surface area contributed by atoms with Crippen LogP contribution >= 0.6 is 0 Å². The first-order chi connectivity index (χ1) is 9.62. The lowest BCUT2D eigenvalue weighted by Crippen LogP contribution is -2.12. The summed E-state index contributed by atoms with van der Waals surface area (Å²) in [5.74, 6) is 0. The van der Waals surface area contributed by atoms with E-state index in [2.05, 4.69) is 15.0 Å². The maximum absolute atomic E-state index is 12.1. The van der Waals surface area contributed by atoms with Gasteiger partial charge in [-0.15, -0.1) is 10.2 Å². The molecule has 0 aliphatic carbocycles. The van der Waals surface area contributed by atoms with Crippen molar-refractivity contribution in [2.24, 2.45) is 10.2 Å². The van der Waals surface area contributed by atoms with Gasteiger partial charge in [0.15, 0.2) is 0 Å². The second-order valence-corrected chi connectivity index (χ2v) is 5.47. The molecule has 0 aromatic heterocycles. The number of hydrogen-bond acceptors (Lipinski definition) is 4. The zero-order valence-electron chi connectivity index (χ0n) is 10.3. The average Bonchev–Trinajstić information content (AvgIpc) is 2.47. The van der Waals surface area contributed by atoms with E-state index >= 15 is 0 Å². The van der Waals surface area contributed by atoms with Gasteiger partial charge >= 0.3 is 0 Å². The van der Waals surface area contributed by atoms with Gasteiger partial charge < -0.3 is 0 Å². The third kappa shape index (κ3) is 3.48. The molecule has 1 amide bonds. The van der Waals surface area contributed by atoms with Gasteiger partial charge in [-0.1, -0.05) is 18.2 Å². The number of benzene rings is 2. The van der Waals surface area contributed by atoms with Crippen molar-refractivity contribution >= 4 is 27.8 Å². The number of rotatable bonds is 5. The van der Waals surface area contributed by atoms with Crippen LogP contribution in [-0.4, -0.2) is 14.8 Å². The van der Waals surface area contributed by atoms with Crippen LogP contribution < -0.4 is 4.72 Å². The van der Waals surface area contributed by atoms with Gasteiger partial charge in [-0.3, -0.25) is 9.52 Å². The third-order valence-corrected chi connectivity index (χ3v) is 3.79. The van der Waals surface area contributed by atoms with Crippen molar-refractivity contribution in [3.8, 4) is 0 Å². The highest BCUT2D eigenvalue weighted by Gasteiger charge is 2.12. The maximum Gasteiger partial charge on any atom is 0.261 e. The van der Waals surface area contributed by atoms with E-state index < -0.39 is 10.0 Å². The molecule has 0 aliphatic heterocycles. The standard InChI is InChI=1S/C13H11N3O3S/c17-10-14-15-11-6-8-12(9-7-11)16-20(18,19)13-4-2-1-3-5-13/h1-10,16H. The molecule has 0 bridgehead atoms. The lowest BCUT2D eigenvalue weighted by Gasteiger charge is -2.07. The number of azo groups is 1. The van der Waals surface area contributed by atoms with Crippen molar-refractivity contribution in [3.63, 3.8) is 0 Å². The second-order valence-electron chi connectivity index (χ2n) is 3.79. The molecule has 20 heavy (non-hydrogen) atoms. The summed E-state index contributed by atoms with van der Waals surface area (Å²) in [6.07, 6.45) is 0.325. The number of hydrogen-bond donors (Lipinski definition) is 1. The number of carbonyl (C=O) groups is 1. The van der Waals surface area contributed by atoms with Gasteiger partial charge in [0.1, 0.15) is 0 Å². The van der Waals surface area contributed by atoms with Crippen LogP contribution in [0.5, 0.6) is 0 Å². The normalized spacial score (nSPS) is 11.4. The van der Waals surface area contributed by atoms with Crippen LogP contribution in [0.3, 0.4) is 0 Å². The lowest BCUT2D eigenvalue weighted by molar-refractivity contribution is -0.107. The van der Waals surface area contributed by atoms with Crippen molar-refractivity contribution in [3.05, 3.63) is 54.6 Å². The van der Waals surface area contributed by atoms with Crippen LogP contribution in [0.25, 0.3) is 0 Å². The van der Waals surface area contributed by atoms with E-state index in [1.807, 2.05) is 0 Å². The van der Waals surface area contributed by atoms with Gasteiger partial charge in [-0.2, -0.15) is 0 Å². The molecule has 0 radical (unpaired) electrons. The molecule has 7 heteroatoms. The summed E-state index contributed by atoms with van der Waals surface area (Å²) < 4.78 is 26.6. The average molecular weight is 289 g/mol. The van der Waals surface area contributed by atoms with Gasteiger partial charge in [0.05, 0.1) is 10.6 Å². The fourth-order valence-electron chi connectivity index (χ4n) is 1.50. The van der Waals surface area contributed by atoms with Crippen LogP contribution in [0.1, 0.15) is 0 Å². The van der Waals surface area contributed by atoms with E-state index in [1.54, 1.807) is 42.5 Å². The molecular formula is C13H11N3O3S. The van der Waals surface area contributed by atoms with Gasteiger partial charge in [0.2, 0.25) is 0 Å². The largest absolute Gasteiger partial charge is 0.280 e. The number of amides is 1. The van der Waals surface area contributed by atoms with Crippen LogP contribution in [0, 0.1) is 0 Å². The van der Waals surface area contributed by atoms with Crippen molar-refractivity contribution < 1.29 is 13.2 Å². The smallest absolute Gasteiger partial charge is 0.261 e.